The highest BCUT2D eigenvalue weighted by atomic mass is 16.4. The second-order valence-corrected chi connectivity index (χ2v) is 5.54. The van der Waals surface area contributed by atoms with Gasteiger partial charge in [-0.2, -0.15) is 5.10 Å². The van der Waals surface area contributed by atoms with Crippen LogP contribution in [0.2, 0.25) is 0 Å². The van der Waals surface area contributed by atoms with Crippen LogP contribution in [0.1, 0.15) is 21.7 Å². The maximum absolute atomic E-state index is 11.8. The normalized spacial score (nSPS) is 10.8. The Morgan fingerprint density at radius 1 is 1.00 bits per heavy atom. The van der Waals surface area contributed by atoms with Crippen molar-refractivity contribution >= 4 is 18.1 Å². The number of hydrogen-bond donors (Lipinski definition) is 2. The molecule has 1 amide bonds. The van der Waals surface area contributed by atoms with E-state index in [9.17, 15) is 9.59 Å². The van der Waals surface area contributed by atoms with Crippen molar-refractivity contribution in [2.75, 3.05) is 0 Å². The van der Waals surface area contributed by atoms with E-state index in [2.05, 4.69) is 10.5 Å². The number of carbonyl (C=O) groups excluding carboxylic acids is 1. The van der Waals surface area contributed by atoms with Crippen LogP contribution < -0.4 is 5.43 Å². The van der Waals surface area contributed by atoms with E-state index < -0.39 is 5.97 Å². The molecule has 0 spiro atoms. The van der Waals surface area contributed by atoms with Gasteiger partial charge >= 0.3 is 5.97 Å². The summed E-state index contributed by atoms with van der Waals surface area (Å²) in [7, 11) is 0. The Bertz CT molecular complexity index is 928. The molecule has 0 radical (unpaired) electrons. The Morgan fingerprint density at radius 3 is 2.42 bits per heavy atom. The number of benzene rings is 2. The molecule has 0 atom stereocenters. The van der Waals surface area contributed by atoms with Crippen LogP contribution in [0.25, 0.3) is 11.3 Å². The first-order valence-electron chi connectivity index (χ1n) is 7.91. The van der Waals surface area contributed by atoms with Gasteiger partial charge in [-0.15, -0.1) is 0 Å². The van der Waals surface area contributed by atoms with Gasteiger partial charge in [0.1, 0.15) is 11.5 Å². The first-order valence-corrected chi connectivity index (χ1v) is 7.91. The number of nitrogens with one attached hydrogen (secondary N) is 1. The zero-order valence-electron chi connectivity index (χ0n) is 13.8. The lowest BCUT2D eigenvalue weighted by Crippen LogP contribution is -2.19. The van der Waals surface area contributed by atoms with Gasteiger partial charge in [-0.3, -0.25) is 4.79 Å². The largest absolute Gasteiger partial charge is 0.478 e. The number of aromatic carboxylic acids is 1. The monoisotopic (exact) mass is 348 g/mol. The summed E-state index contributed by atoms with van der Waals surface area (Å²) >= 11 is 0. The highest BCUT2D eigenvalue weighted by molar-refractivity contribution is 5.88. The lowest BCUT2D eigenvalue weighted by molar-refractivity contribution is -0.120. The summed E-state index contributed by atoms with van der Waals surface area (Å²) in [6.07, 6.45) is 1.66. The molecule has 0 aliphatic heterocycles. The van der Waals surface area contributed by atoms with E-state index in [0.29, 0.717) is 11.5 Å². The number of furan rings is 1. The number of rotatable bonds is 6. The van der Waals surface area contributed by atoms with Gasteiger partial charge in [0.2, 0.25) is 5.91 Å². The smallest absolute Gasteiger partial charge is 0.335 e. The number of hydrogen-bond acceptors (Lipinski definition) is 4. The molecule has 3 aromatic rings. The van der Waals surface area contributed by atoms with Gasteiger partial charge in [0.25, 0.3) is 0 Å². The summed E-state index contributed by atoms with van der Waals surface area (Å²) in [5.74, 6) is -0.139. The molecule has 2 N–H and O–H groups in total. The Kier molecular flexibility index (Phi) is 5.24. The van der Waals surface area contributed by atoms with Gasteiger partial charge in [-0.05, 0) is 29.8 Å². The number of hydrazone groups is 1. The van der Waals surface area contributed by atoms with Crippen molar-refractivity contribution in [2.24, 2.45) is 5.10 Å². The lowest BCUT2D eigenvalue weighted by Gasteiger charge is -1.99. The quantitative estimate of drug-likeness (QED) is 0.528. The second kappa shape index (κ2) is 7.94. The van der Waals surface area contributed by atoms with Crippen molar-refractivity contribution < 1.29 is 19.1 Å². The van der Waals surface area contributed by atoms with Crippen molar-refractivity contribution in [1.82, 2.24) is 5.43 Å². The van der Waals surface area contributed by atoms with Crippen molar-refractivity contribution in [3.05, 3.63) is 83.6 Å². The molecule has 0 unspecified atom stereocenters. The van der Waals surface area contributed by atoms with E-state index >= 15 is 0 Å². The highest BCUT2D eigenvalue weighted by Gasteiger charge is 2.06. The summed E-state index contributed by atoms with van der Waals surface area (Å²) in [4.78, 5) is 22.7. The van der Waals surface area contributed by atoms with Crippen LogP contribution in [-0.2, 0) is 11.2 Å². The summed E-state index contributed by atoms with van der Waals surface area (Å²) in [5.41, 5.74) is 4.33. The number of carbonyl (C=O) groups is 2. The predicted octanol–water partition coefficient (Wildman–Crippen LogP) is 3.34. The molecule has 3 rings (SSSR count). The Hall–Kier alpha value is -3.67. The third-order valence-corrected chi connectivity index (χ3v) is 3.63. The fraction of sp³-hybridized carbons (Fsp3) is 0.0500. The van der Waals surface area contributed by atoms with Crippen LogP contribution in [-0.4, -0.2) is 23.2 Å². The lowest BCUT2D eigenvalue weighted by atomic mass is 10.1. The molecule has 0 aliphatic carbocycles. The van der Waals surface area contributed by atoms with Crippen molar-refractivity contribution in [3.8, 4) is 11.3 Å². The summed E-state index contributed by atoms with van der Waals surface area (Å²) in [6, 6.07) is 19.2. The van der Waals surface area contributed by atoms with Gasteiger partial charge in [0.05, 0.1) is 18.2 Å². The minimum Gasteiger partial charge on any atom is -0.478 e. The van der Waals surface area contributed by atoms with E-state index in [1.807, 2.05) is 30.3 Å². The van der Waals surface area contributed by atoms with E-state index in [1.54, 1.807) is 24.3 Å². The van der Waals surface area contributed by atoms with E-state index in [4.69, 9.17) is 9.52 Å². The second-order valence-electron chi connectivity index (χ2n) is 5.54. The first-order chi connectivity index (χ1) is 12.6. The fourth-order valence-electron chi connectivity index (χ4n) is 2.34. The highest BCUT2D eigenvalue weighted by Crippen LogP contribution is 2.22. The molecule has 130 valence electrons. The first kappa shape index (κ1) is 17.2. The van der Waals surface area contributed by atoms with Crippen LogP contribution in [0, 0.1) is 0 Å². The predicted molar refractivity (Wildman–Crippen MR) is 97.0 cm³/mol. The van der Waals surface area contributed by atoms with Crippen molar-refractivity contribution in [2.45, 2.75) is 6.42 Å². The molecule has 0 fully saturated rings. The van der Waals surface area contributed by atoms with Crippen molar-refractivity contribution in [3.63, 3.8) is 0 Å². The van der Waals surface area contributed by atoms with Crippen LogP contribution in [0.3, 0.4) is 0 Å². The molecule has 26 heavy (non-hydrogen) atoms. The molecule has 6 nitrogen and oxygen atoms in total. The van der Waals surface area contributed by atoms with Crippen LogP contribution >= 0.6 is 0 Å². The Balaban J connectivity index is 1.58. The average Bonchev–Trinajstić information content (AvgIpc) is 3.11. The molecule has 0 saturated carbocycles. The van der Waals surface area contributed by atoms with Crippen LogP contribution in [0.4, 0.5) is 0 Å². The number of carboxylic acids is 1. The standard InChI is InChI=1S/C20H16N2O4/c23-19(12-14-4-2-1-3-5-14)22-21-13-17-10-11-18(26-17)15-6-8-16(9-7-15)20(24)25/h1-11,13H,12H2,(H,22,23)(H,24,25)/b21-13+. The SMILES string of the molecule is O=C(Cc1ccccc1)N/N=C/c1ccc(-c2ccc(C(=O)O)cc2)o1. The third kappa shape index (κ3) is 4.45. The molecule has 1 heterocycles. The van der Waals surface area contributed by atoms with Crippen molar-refractivity contribution in [1.29, 1.82) is 0 Å². The average molecular weight is 348 g/mol. The topological polar surface area (TPSA) is 91.9 Å². The van der Waals surface area contributed by atoms with Crippen LogP contribution in [0.5, 0.6) is 0 Å². The Labute approximate surface area is 149 Å². The third-order valence-electron chi connectivity index (χ3n) is 3.63. The number of carboxylic acid groups (broad SMARTS) is 1. The van der Waals surface area contributed by atoms with Gasteiger partial charge < -0.3 is 9.52 Å². The van der Waals surface area contributed by atoms with E-state index in [0.717, 1.165) is 11.1 Å². The minimum atomic E-state index is -0.977. The minimum absolute atomic E-state index is 0.211. The molecular formula is C20H16N2O4. The molecular weight excluding hydrogens is 332 g/mol. The van der Waals surface area contributed by atoms with Gasteiger partial charge in [0, 0.05) is 5.56 Å². The number of amides is 1. The maximum Gasteiger partial charge on any atom is 0.335 e. The zero-order valence-corrected chi connectivity index (χ0v) is 13.8. The summed E-state index contributed by atoms with van der Waals surface area (Å²) in [5, 5.41) is 12.8. The fourth-order valence-corrected chi connectivity index (χ4v) is 2.34. The van der Waals surface area contributed by atoms with Crippen LogP contribution in [0.15, 0.2) is 76.2 Å². The van der Waals surface area contributed by atoms with Gasteiger partial charge in [-0.1, -0.05) is 42.5 Å². The maximum atomic E-state index is 11.8. The molecule has 6 heteroatoms. The molecule has 1 aromatic heterocycles. The molecule has 0 saturated heterocycles. The van der Waals surface area contributed by atoms with E-state index in [-0.39, 0.29) is 17.9 Å². The number of nitrogens with zero attached hydrogens (tertiary/aromatic N) is 1. The van der Waals surface area contributed by atoms with E-state index in [1.165, 1.54) is 18.3 Å². The molecule has 0 aliphatic rings. The zero-order chi connectivity index (χ0) is 18.4. The summed E-state index contributed by atoms with van der Waals surface area (Å²) in [6.45, 7) is 0. The Morgan fingerprint density at radius 2 is 1.73 bits per heavy atom. The van der Waals surface area contributed by atoms with Gasteiger partial charge in [0.15, 0.2) is 0 Å². The summed E-state index contributed by atoms with van der Waals surface area (Å²) < 4.78 is 5.62. The molecule has 0 bridgehead atoms. The molecule has 2 aromatic carbocycles. The van der Waals surface area contributed by atoms with Gasteiger partial charge in [-0.25, -0.2) is 10.2 Å².